The van der Waals surface area contributed by atoms with Gasteiger partial charge in [-0.3, -0.25) is 4.99 Å². The molecule has 0 spiro atoms. The molecule has 1 unspecified atom stereocenters. The van der Waals surface area contributed by atoms with Gasteiger partial charge in [0.2, 0.25) is 5.88 Å². The van der Waals surface area contributed by atoms with Gasteiger partial charge in [-0.25, -0.2) is 9.78 Å². The van der Waals surface area contributed by atoms with E-state index >= 15 is 0 Å². The molecule has 1 atom stereocenters. The third-order valence-corrected chi connectivity index (χ3v) is 3.85. The van der Waals surface area contributed by atoms with E-state index in [0.717, 1.165) is 24.8 Å². The lowest BCUT2D eigenvalue weighted by atomic mass is 10.1. The smallest absolute Gasteiger partial charge is 0.407 e. The van der Waals surface area contributed by atoms with E-state index in [1.165, 1.54) is 0 Å². The van der Waals surface area contributed by atoms with Crippen LogP contribution in [-0.4, -0.2) is 49.4 Å². The molecule has 1 aromatic rings. The summed E-state index contributed by atoms with van der Waals surface area (Å²) in [5.74, 6) is 1.23. The molecule has 1 heterocycles. The molecule has 0 aromatic carbocycles. The number of carbonyl (C=O) groups excluding carboxylic acids is 1. The number of nitrogens with one attached hydrogen (secondary N) is 3. The van der Waals surface area contributed by atoms with Gasteiger partial charge in [0.25, 0.3) is 0 Å². The Morgan fingerprint density at radius 3 is 2.68 bits per heavy atom. The summed E-state index contributed by atoms with van der Waals surface area (Å²) in [5, 5.41) is 9.47. The van der Waals surface area contributed by atoms with Crippen molar-refractivity contribution in [2.45, 2.75) is 65.1 Å². The molecular formula is C20H35N5O3. The van der Waals surface area contributed by atoms with Crippen LogP contribution in [0.1, 0.15) is 52.5 Å². The second-order valence-corrected chi connectivity index (χ2v) is 7.46. The number of pyridine rings is 1. The Balaban J connectivity index is 2.62. The molecule has 0 radical (unpaired) electrons. The molecule has 1 amide bonds. The van der Waals surface area contributed by atoms with Gasteiger partial charge >= 0.3 is 6.09 Å². The summed E-state index contributed by atoms with van der Waals surface area (Å²) >= 11 is 0. The number of amides is 1. The summed E-state index contributed by atoms with van der Waals surface area (Å²) in [6, 6.07) is 3.85. The lowest BCUT2D eigenvalue weighted by molar-refractivity contribution is 0.0523. The summed E-state index contributed by atoms with van der Waals surface area (Å²) < 4.78 is 10.6. The number of hydrogen-bond acceptors (Lipinski definition) is 5. The van der Waals surface area contributed by atoms with Crippen molar-refractivity contribution < 1.29 is 14.3 Å². The van der Waals surface area contributed by atoms with Crippen LogP contribution in [0.25, 0.3) is 0 Å². The number of aromatic nitrogens is 1. The Bertz CT molecular complexity index is 629. The first-order valence-electron chi connectivity index (χ1n) is 9.71. The Kier molecular flexibility index (Phi) is 10.1. The fraction of sp³-hybridized carbons (Fsp3) is 0.650. The Hall–Kier alpha value is -2.51. The molecule has 0 fully saturated rings. The number of unbranched alkanes of at least 4 members (excludes halogenated alkanes) is 1. The number of nitrogens with zero attached hydrogens (tertiary/aromatic N) is 2. The molecule has 8 heteroatoms. The van der Waals surface area contributed by atoms with Gasteiger partial charge < -0.3 is 25.4 Å². The number of guanidine groups is 1. The van der Waals surface area contributed by atoms with Crippen LogP contribution in [0.15, 0.2) is 23.3 Å². The van der Waals surface area contributed by atoms with Gasteiger partial charge in [-0.2, -0.15) is 0 Å². The van der Waals surface area contributed by atoms with E-state index in [0.29, 0.717) is 24.9 Å². The maximum atomic E-state index is 11.9. The molecule has 1 aromatic heterocycles. The van der Waals surface area contributed by atoms with Gasteiger partial charge in [-0.1, -0.05) is 25.8 Å². The number of carbonyl (C=O) groups is 1. The normalized spacial score (nSPS) is 12.9. The van der Waals surface area contributed by atoms with Gasteiger partial charge in [0, 0.05) is 37.9 Å². The van der Waals surface area contributed by atoms with Crippen molar-refractivity contribution in [1.82, 2.24) is 20.9 Å². The zero-order chi connectivity index (χ0) is 21.0. The molecule has 0 saturated carbocycles. The molecule has 0 aliphatic carbocycles. The molecule has 1 rings (SSSR count). The van der Waals surface area contributed by atoms with E-state index in [1.807, 2.05) is 32.9 Å². The predicted octanol–water partition coefficient (Wildman–Crippen LogP) is 2.84. The fourth-order valence-electron chi connectivity index (χ4n) is 2.51. The van der Waals surface area contributed by atoms with Gasteiger partial charge in [0.1, 0.15) is 5.60 Å². The summed E-state index contributed by atoms with van der Waals surface area (Å²) in [7, 11) is 3.32. The van der Waals surface area contributed by atoms with E-state index in [-0.39, 0.29) is 6.04 Å². The molecule has 28 heavy (non-hydrogen) atoms. The zero-order valence-electron chi connectivity index (χ0n) is 18.0. The van der Waals surface area contributed by atoms with Crippen LogP contribution >= 0.6 is 0 Å². The van der Waals surface area contributed by atoms with Gasteiger partial charge in [-0.05, 0) is 33.3 Å². The van der Waals surface area contributed by atoms with Crippen LogP contribution in [0.5, 0.6) is 5.88 Å². The van der Waals surface area contributed by atoms with E-state index in [1.54, 1.807) is 20.4 Å². The highest BCUT2D eigenvalue weighted by molar-refractivity contribution is 5.80. The van der Waals surface area contributed by atoms with Crippen molar-refractivity contribution in [2.75, 3.05) is 20.7 Å². The lowest BCUT2D eigenvalue weighted by Gasteiger charge is -2.24. The molecule has 0 saturated heterocycles. The second-order valence-electron chi connectivity index (χ2n) is 7.46. The molecule has 0 aliphatic heterocycles. The third-order valence-electron chi connectivity index (χ3n) is 3.85. The van der Waals surface area contributed by atoms with Crippen molar-refractivity contribution in [3.05, 3.63) is 23.9 Å². The van der Waals surface area contributed by atoms with Crippen LogP contribution in [-0.2, 0) is 11.3 Å². The monoisotopic (exact) mass is 393 g/mol. The van der Waals surface area contributed by atoms with E-state index in [9.17, 15) is 4.79 Å². The van der Waals surface area contributed by atoms with Gasteiger partial charge in [0.15, 0.2) is 5.96 Å². The average Bonchev–Trinajstić information content (AvgIpc) is 2.65. The lowest BCUT2D eigenvalue weighted by Crippen LogP contribution is -2.48. The van der Waals surface area contributed by atoms with E-state index in [2.05, 4.69) is 32.9 Å². The van der Waals surface area contributed by atoms with Crippen LogP contribution in [0.3, 0.4) is 0 Å². The Labute approximate surface area is 168 Å². The summed E-state index contributed by atoms with van der Waals surface area (Å²) in [6.45, 7) is 8.65. The molecule has 0 aliphatic rings. The number of rotatable bonds is 9. The largest absolute Gasteiger partial charge is 0.481 e. The van der Waals surface area contributed by atoms with Crippen molar-refractivity contribution in [1.29, 1.82) is 0 Å². The number of aliphatic imine (C=N–C) groups is 1. The van der Waals surface area contributed by atoms with Crippen molar-refractivity contribution in [3.8, 4) is 5.88 Å². The van der Waals surface area contributed by atoms with E-state index < -0.39 is 11.7 Å². The van der Waals surface area contributed by atoms with Crippen molar-refractivity contribution >= 4 is 12.1 Å². The van der Waals surface area contributed by atoms with Crippen LogP contribution in [0.2, 0.25) is 0 Å². The average molecular weight is 394 g/mol. The Morgan fingerprint density at radius 1 is 1.32 bits per heavy atom. The first-order valence-corrected chi connectivity index (χ1v) is 9.71. The van der Waals surface area contributed by atoms with Gasteiger partial charge in [0.05, 0.1) is 7.11 Å². The highest BCUT2D eigenvalue weighted by Crippen LogP contribution is 2.12. The third kappa shape index (κ3) is 9.43. The number of ether oxygens (including phenoxy) is 2. The van der Waals surface area contributed by atoms with Crippen LogP contribution in [0.4, 0.5) is 4.79 Å². The number of methoxy groups -OCH3 is 1. The van der Waals surface area contributed by atoms with Crippen molar-refractivity contribution in [2.24, 2.45) is 4.99 Å². The van der Waals surface area contributed by atoms with Gasteiger partial charge in [-0.15, -0.1) is 0 Å². The molecular weight excluding hydrogens is 358 g/mol. The highest BCUT2D eigenvalue weighted by Gasteiger charge is 2.18. The minimum absolute atomic E-state index is 0.0365. The quantitative estimate of drug-likeness (QED) is 0.441. The van der Waals surface area contributed by atoms with Crippen molar-refractivity contribution in [3.63, 3.8) is 0 Å². The SMILES string of the molecule is CCCCC(CNC(=O)OC(C)(C)C)NC(=NC)NCc1cccnc1OC. The van der Waals surface area contributed by atoms with Crippen LogP contribution in [0, 0.1) is 0 Å². The Morgan fingerprint density at radius 2 is 2.07 bits per heavy atom. The summed E-state index contributed by atoms with van der Waals surface area (Å²) in [5.41, 5.74) is 0.418. The predicted molar refractivity (Wildman–Crippen MR) is 112 cm³/mol. The summed E-state index contributed by atoms with van der Waals surface area (Å²) in [6.07, 6.45) is 4.30. The fourth-order valence-corrected chi connectivity index (χ4v) is 2.51. The number of hydrogen-bond donors (Lipinski definition) is 3. The molecule has 0 bridgehead atoms. The minimum Gasteiger partial charge on any atom is -0.481 e. The first-order chi connectivity index (χ1) is 13.3. The first kappa shape index (κ1) is 23.5. The molecule has 3 N–H and O–H groups in total. The maximum absolute atomic E-state index is 11.9. The summed E-state index contributed by atoms with van der Waals surface area (Å²) in [4.78, 5) is 20.4. The minimum atomic E-state index is -0.517. The standard InChI is InChI=1S/C20H35N5O3/c1-7-8-11-16(14-24-19(26)28-20(2,3)4)25-18(21-5)23-13-15-10-9-12-22-17(15)27-6/h9-10,12,16H,7-8,11,13-14H2,1-6H3,(H,24,26)(H2,21,23,25). The highest BCUT2D eigenvalue weighted by atomic mass is 16.6. The maximum Gasteiger partial charge on any atom is 0.407 e. The molecule has 8 nitrogen and oxygen atoms in total. The van der Waals surface area contributed by atoms with Crippen LogP contribution < -0.4 is 20.7 Å². The number of alkyl carbamates (subject to hydrolysis) is 1. The second kappa shape index (κ2) is 12.0. The molecule has 158 valence electrons. The topological polar surface area (TPSA) is 96.9 Å². The van der Waals surface area contributed by atoms with E-state index in [4.69, 9.17) is 9.47 Å². The zero-order valence-corrected chi connectivity index (χ0v) is 18.0.